The van der Waals surface area contributed by atoms with Crippen molar-refractivity contribution in [1.29, 1.82) is 0 Å². The van der Waals surface area contributed by atoms with Gasteiger partial charge in [0.1, 0.15) is 25.4 Å². The van der Waals surface area contributed by atoms with Gasteiger partial charge in [-0.15, -0.1) is 0 Å². The summed E-state index contributed by atoms with van der Waals surface area (Å²) in [5.74, 6) is -2.53. The molecule has 0 aromatic rings. The summed E-state index contributed by atoms with van der Waals surface area (Å²) in [5, 5.41) is 18.2. The number of aliphatic carboxylic acids is 2. The number of unbranched alkanes of at least 4 members (excludes halogenated alkanes) is 8. The molecule has 60 heavy (non-hydrogen) atoms. The topological polar surface area (TPSA) is 205 Å². The van der Waals surface area contributed by atoms with E-state index in [9.17, 15) is 28.8 Å². The maximum atomic E-state index is 12.7. The molecule has 0 bridgehead atoms. The van der Waals surface area contributed by atoms with Crippen molar-refractivity contribution in [1.82, 2.24) is 9.80 Å². The van der Waals surface area contributed by atoms with Crippen LogP contribution in [-0.4, -0.2) is 134 Å². The van der Waals surface area contributed by atoms with Crippen molar-refractivity contribution >= 4 is 36.2 Å². The minimum absolute atomic E-state index is 0.0129. The number of carbonyl (C=O) groups is 6. The van der Waals surface area contributed by atoms with Crippen LogP contribution in [0, 0.1) is 0 Å². The first-order valence-corrected chi connectivity index (χ1v) is 22.8. The summed E-state index contributed by atoms with van der Waals surface area (Å²) in [6.07, 6.45) is 10.5. The third-order valence-corrected chi connectivity index (χ3v) is 10.1. The number of hydrogen-bond donors (Lipinski definition) is 2. The van der Waals surface area contributed by atoms with Crippen molar-refractivity contribution < 1.29 is 67.4 Å². The maximum Gasteiger partial charge on any atom is 0.508 e. The molecule has 0 amide bonds. The Balaban J connectivity index is 5.04. The minimum Gasteiger partial charge on any atom is -0.481 e. The molecular formula is C44H80N2O14. The van der Waals surface area contributed by atoms with Crippen molar-refractivity contribution in [3.8, 4) is 0 Å². The van der Waals surface area contributed by atoms with E-state index in [-0.39, 0.29) is 50.8 Å². The Labute approximate surface area is 359 Å². The highest BCUT2D eigenvalue weighted by Crippen LogP contribution is 2.16. The second kappa shape index (κ2) is 39.5. The number of nitrogens with zero attached hydrogens (tertiary/aromatic N) is 2. The summed E-state index contributed by atoms with van der Waals surface area (Å²) in [7, 11) is 0. The molecule has 0 aliphatic rings. The molecule has 2 N–H and O–H groups in total. The zero-order valence-electron chi connectivity index (χ0n) is 37.5. The van der Waals surface area contributed by atoms with Crippen LogP contribution in [0.2, 0.25) is 0 Å². The lowest BCUT2D eigenvalue weighted by Gasteiger charge is -2.26. The fourth-order valence-electron chi connectivity index (χ4n) is 6.38. The number of carboxylic acid groups (broad SMARTS) is 2. The molecule has 350 valence electrons. The number of likely N-dealkylation sites (N-methyl/N-ethyl adjacent to an activating group) is 1. The van der Waals surface area contributed by atoms with Crippen LogP contribution in [0.15, 0.2) is 0 Å². The second-order valence-corrected chi connectivity index (χ2v) is 15.2. The molecule has 0 rings (SSSR count). The highest BCUT2D eigenvalue weighted by molar-refractivity contribution is 5.69. The Kier molecular flexibility index (Phi) is 37.1. The molecule has 0 radical (unpaired) electrons. The van der Waals surface area contributed by atoms with Crippen molar-refractivity contribution in [3.63, 3.8) is 0 Å². The zero-order valence-corrected chi connectivity index (χ0v) is 37.5. The highest BCUT2D eigenvalue weighted by atomic mass is 16.7. The molecule has 0 aliphatic heterocycles. The summed E-state index contributed by atoms with van der Waals surface area (Å²) in [4.78, 5) is 76.3. The molecule has 0 saturated heterocycles. The predicted octanol–water partition coefficient (Wildman–Crippen LogP) is 8.55. The number of carboxylic acids is 2. The molecule has 0 aromatic heterocycles. The number of carbonyl (C=O) groups excluding carboxylic acids is 4. The lowest BCUT2D eigenvalue weighted by molar-refractivity contribution is -0.145. The SMILES string of the molecule is CCCCCCCCOC(=O)CCCC(CCCC(=O)O)OC(=O)OCCN(CCOC(=O)OC(CCCC(=O)O)CCCC(=O)OCCCCCC)CCN(CC)CC. The third kappa shape index (κ3) is 36.2. The molecule has 2 unspecified atom stereocenters. The van der Waals surface area contributed by atoms with E-state index >= 15 is 0 Å². The van der Waals surface area contributed by atoms with Gasteiger partial charge < -0.3 is 43.5 Å². The third-order valence-electron chi connectivity index (χ3n) is 10.1. The van der Waals surface area contributed by atoms with Gasteiger partial charge in [-0.1, -0.05) is 79.1 Å². The van der Waals surface area contributed by atoms with Crippen LogP contribution in [0.25, 0.3) is 0 Å². The van der Waals surface area contributed by atoms with Gasteiger partial charge in [-0.05, 0) is 77.3 Å². The van der Waals surface area contributed by atoms with Crippen molar-refractivity contribution in [2.24, 2.45) is 0 Å². The van der Waals surface area contributed by atoms with Crippen LogP contribution in [-0.2, 0) is 47.6 Å². The van der Waals surface area contributed by atoms with Gasteiger partial charge >= 0.3 is 36.2 Å². The largest absolute Gasteiger partial charge is 0.508 e. The van der Waals surface area contributed by atoms with E-state index in [2.05, 4.69) is 32.6 Å². The van der Waals surface area contributed by atoms with Gasteiger partial charge in [0.2, 0.25) is 0 Å². The maximum absolute atomic E-state index is 12.7. The van der Waals surface area contributed by atoms with Gasteiger partial charge in [0, 0.05) is 51.9 Å². The van der Waals surface area contributed by atoms with Gasteiger partial charge in [0.05, 0.1) is 13.2 Å². The first-order chi connectivity index (χ1) is 28.9. The van der Waals surface area contributed by atoms with Crippen molar-refractivity contribution in [2.75, 3.05) is 65.7 Å². The predicted molar refractivity (Wildman–Crippen MR) is 227 cm³/mol. The molecule has 0 aromatic carbocycles. The van der Waals surface area contributed by atoms with E-state index in [4.69, 9.17) is 38.6 Å². The molecule has 0 fully saturated rings. The first-order valence-electron chi connectivity index (χ1n) is 22.8. The summed E-state index contributed by atoms with van der Waals surface area (Å²) in [5.41, 5.74) is 0. The van der Waals surface area contributed by atoms with E-state index in [1.807, 2.05) is 4.90 Å². The first kappa shape index (κ1) is 56.3. The molecular weight excluding hydrogens is 780 g/mol. The fourth-order valence-corrected chi connectivity index (χ4v) is 6.38. The fraction of sp³-hybridized carbons (Fsp3) is 0.864. The lowest BCUT2D eigenvalue weighted by Crippen LogP contribution is -2.39. The number of ether oxygens (including phenoxy) is 6. The Bertz CT molecular complexity index is 1140. The molecule has 0 saturated carbocycles. The Hall–Kier alpha value is -3.66. The number of esters is 2. The number of hydrogen-bond acceptors (Lipinski definition) is 14. The summed E-state index contributed by atoms with van der Waals surface area (Å²) in [6.45, 7) is 12.8. The van der Waals surface area contributed by atoms with E-state index in [0.29, 0.717) is 84.2 Å². The van der Waals surface area contributed by atoms with Crippen LogP contribution in [0.4, 0.5) is 9.59 Å². The van der Waals surface area contributed by atoms with Gasteiger partial charge in [0.25, 0.3) is 0 Å². The standard InChI is InChI=1S/C44H80N2O14/c1-5-9-11-13-14-16-34-56-42(52)28-20-24-38(22-18-26-40(49)50)60-44(54)58-36-32-46(30-29-45(7-3)8-4)31-35-57-43(53)59-37(21-17-25-39(47)48)23-19-27-41(51)55-33-15-12-10-6-2/h37-38H,5-36H2,1-4H3,(H,47,48)(H,49,50). The Morgan fingerprint density at radius 2 is 0.783 bits per heavy atom. The Morgan fingerprint density at radius 1 is 0.417 bits per heavy atom. The van der Waals surface area contributed by atoms with E-state index in [0.717, 1.165) is 64.6 Å². The van der Waals surface area contributed by atoms with Gasteiger partial charge in [-0.3, -0.25) is 24.1 Å². The lowest BCUT2D eigenvalue weighted by atomic mass is 10.1. The smallest absolute Gasteiger partial charge is 0.481 e. The second-order valence-electron chi connectivity index (χ2n) is 15.2. The average Bonchev–Trinajstić information content (AvgIpc) is 3.20. The van der Waals surface area contributed by atoms with E-state index in [1.54, 1.807) is 0 Å². The molecule has 2 atom stereocenters. The van der Waals surface area contributed by atoms with Crippen LogP contribution in [0.5, 0.6) is 0 Å². The molecule has 0 aliphatic carbocycles. The van der Waals surface area contributed by atoms with E-state index < -0.39 is 36.5 Å². The summed E-state index contributed by atoms with van der Waals surface area (Å²) >= 11 is 0. The minimum atomic E-state index is -0.951. The number of rotatable bonds is 41. The van der Waals surface area contributed by atoms with E-state index in [1.165, 1.54) is 19.3 Å². The van der Waals surface area contributed by atoms with Crippen LogP contribution in [0.1, 0.15) is 169 Å². The van der Waals surface area contributed by atoms with Crippen molar-refractivity contribution in [3.05, 3.63) is 0 Å². The normalized spacial score (nSPS) is 12.2. The zero-order chi connectivity index (χ0) is 44.6. The van der Waals surface area contributed by atoms with Crippen LogP contribution in [0.3, 0.4) is 0 Å². The van der Waals surface area contributed by atoms with Gasteiger partial charge in [-0.2, -0.15) is 0 Å². The van der Waals surface area contributed by atoms with Crippen LogP contribution >= 0.6 is 0 Å². The quantitative estimate of drug-likeness (QED) is 0.0336. The van der Waals surface area contributed by atoms with Gasteiger partial charge in [-0.25, -0.2) is 9.59 Å². The molecule has 16 nitrogen and oxygen atoms in total. The van der Waals surface area contributed by atoms with Gasteiger partial charge in [0.15, 0.2) is 0 Å². The van der Waals surface area contributed by atoms with Crippen LogP contribution < -0.4 is 0 Å². The highest BCUT2D eigenvalue weighted by Gasteiger charge is 2.20. The molecule has 16 heteroatoms. The molecule has 0 heterocycles. The Morgan fingerprint density at radius 3 is 1.18 bits per heavy atom. The average molecular weight is 861 g/mol. The monoisotopic (exact) mass is 861 g/mol. The summed E-state index contributed by atoms with van der Waals surface area (Å²) in [6, 6.07) is 0. The summed E-state index contributed by atoms with van der Waals surface area (Å²) < 4.78 is 32.6. The molecule has 0 spiro atoms. The van der Waals surface area contributed by atoms with Crippen molar-refractivity contribution in [2.45, 2.75) is 181 Å².